The Morgan fingerprint density at radius 2 is 1.95 bits per heavy atom. The molecule has 0 aliphatic heterocycles. The number of aliphatic hydroxyl groups is 1. The van der Waals surface area contributed by atoms with Crippen molar-refractivity contribution in [3.05, 3.63) is 11.1 Å². The van der Waals surface area contributed by atoms with Crippen LogP contribution < -0.4 is 0 Å². The van der Waals surface area contributed by atoms with E-state index < -0.39 is 0 Å². The van der Waals surface area contributed by atoms with Crippen LogP contribution in [0, 0.1) is 35.0 Å². The van der Waals surface area contributed by atoms with Gasteiger partial charge < -0.3 is 5.11 Å². The van der Waals surface area contributed by atoms with Gasteiger partial charge in [0, 0.05) is 6.61 Å². The molecule has 21 heavy (non-hydrogen) atoms. The highest BCUT2D eigenvalue weighted by Crippen LogP contribution is 2.63. The highest BCUT2D eigenvalue weighted by molar-refractivity contribution is 5.26. The third kappa shape index (κ3) is 2.06. The Morgan fingerprint density at radius 3 is 2.76 bits per heavy atom. The van der Waals surface area contributed by atoms with Crippen LogP contribution in [0.5, 0.6) is 0 Å². The molecular weight excluding hydrogens is 256 g/mol. The Kier molecular flexibility index (Phi) is 3.48. The van der Waals surface area contributed by atoms with Gasteiger partial charge in [-0.25, -0.2) is 0 Å². The number of rotatable bonds is 1. The summed E-state index contributed by atoms with van der Waals surface area (Å²) in [6.45, 7) is 5.38. The van der Waals surface area contributed by atoms with Crippen molar-refractivity contribution in [2.45, 2.75) is 71.6 Å². The Morgan fingerprint density at radius 1 is 1.10 bits per heavy atom. The highest BCUT2D eigenvalue weighted by Gasteiger charge is 2.54. The van der Waals surface area contributed by atoms with Crippen molar-refractivity contribution in [3.8, 4) is 0 Å². The molecule has 0 amide bonds. The topological polar surface area (TPSA) is 20.2 Å². The number of hydrogen-bond acceptors (Lipinski definition) is 1. The monoisotopic (exact) mass is 288 g/mol. The maximum atomic E-state index is 9.77. The SMILES string of the molecule is CC1CCC2=C(CCC3C2CCC2(C)C(CO)CCC32)C1. The second-order valence-electron chi connectivity index (χ2n) is 8.89. The van der Waals surface area contributed by atoms with Gasteiger partial charge in [0.05, 0.1) is 0 Å². The van der Waals surface area contributed by atoms with Crippen molar-refractivity contribution in [2.75, 3.05) is 6.61 Å². The Bertz CT molecular complexity index is 451. The molecule has 0 heterocycles. The minimum absolute atomic E-state index is 0.426. The Balaban J connectivity index is 1.62. The molecule has 118 valence electrons. The van der Waals surface area contributed by atoms with Crippen molar-refractivity contribution in [2.24, 2.45) is 35.0 Å². The molecule has 1 heteroatoms. The van der Waals surface area contributed by atoms with Gasteiger partial charge in [-0.05, 0) is 92.8 Å². The zero-order chi connectivity index (χ0) is 14.6. The quantitative estimate of drug-likeness (QED) is 0.677. The standard InChI is InChI=1S/C20H32O/c1-13-3-6-16-14(11-13)4-7-18-17(16)9-10-20(2)15(12-21)5-8-19(18)20/h13,15,17-19,21H,3-12H2,1-2H3. The summed E-state index contributed by atoms with van der Waals surface area (Å²) in [7, 11) is 0. The molecule has 6 atom stereocenters. The average molecular weight is 288 g/mol. The van der Waals surface area contributed by atoms with Gasteiger partial charge in [-0.1, -0.05) is 25.0 Å². The molecule has 4 aliphatic carbocycles. The maximum absolute atomic E-state index is 9.77. The lowest BCUT2D eigenvalue weighted by Crippen LogP contribution is -2.44. The second-order valence-corrected chi connectivity index (χ2v) is 8.89. The van der Waals surface area contributed by atoms with Crippen molar-refractivity contribution in [1.29, 1.82) is 0 Å². The van der Waals surface area contributed by atoms with Gasteiger partial charge in [0.15, 0.2) is 0 Å². The fourth-order valence-corrected chi connectivity index (χ4v) is 6.82. The van der Waals surface area contributed by atoms with E-state index in [2.05, 4.69) is 13.8 Å². The van der Waals surface area contributed by atoms with E-state index >= 15 is 0 Å². The molecule has 0 aromatic carbocycles. The zero-order valence-electron chi connectivity index (χ0n) is 13.9. The van der Waals surface area contributed by atoms with Gasteiger partial charge >= 0.3 is 0 Å². The lowest BCUT2D eigenvalue weighted by Gasteiger charge is -2.52. The fourth-order valence-electron chi connectivity index (χ4n) is 6.82. The van der Waals surface area contributed by atoms with E-state index in [9.17, 15) is 5.11 Å². The summed E-state index contributed by atoms with van der Waals surface area (Å²) in [5, 5.41) is 9.77. The first kappa shape index (κ1) is 14.3. The van der Waals surface area contributed by atoms with Crippen molar-refractivity contribution < 1.29 is 5.11 Å². The third-order valence-electron chi connectivity index (χ3n) is 8.04. The summed E-state index contributed by atoms with van der Waals surface area (Å²) in [5.74, 6) is 4.30. The van der Waals surface area contributed by atoms with Crippen LogP contribution in [0.4, 0.5) is 0 Å². The van der Waals surface area contributed by atoms with Gasteiger partial charge in [0.1, 0.15) is 0 Å². The van der Waals surface area contributed by atoms with Crippen LogP contribution in [0.25, 0.3) is 0 Å². The molecule has 1 nitrogen and oxygen atoms in total. The lowest BCUT2D eigenvalue weighted by molar-refractivity contribution is -0.00326. The minimum Gasteiger partial charge on any atom is -0.396 e. The summed E-state index contributed by atoms with van der Waals surface area (Å²) < 4.78 is 0. The van der Waals surface area contributed by atoms with Crippen LogP contribution in [-0.2, 0) is 0 Å². The van der Waals surface area contributed by atoms with E-state index in [4.69, 9.17) is 0 Å². The van der Waals surface area contributed by atoms with Gasteiger partial charge in [-0.2, -0.15) is 0 Å². The average Bonchev–Trinajstić information content (AvgIpc) is 2.83. The zero-order valence-corrected chi connectivity index (χ0v) is 13.9. The van der Waals surface area contributed by atoms with E-state index in [-0.39, 0.29) is 0 Å². The summed E-state index contributed by atoms with van der Waals surface area (Å²) in [5.41, 5.74) is 4.24. The van der Waals surface area contributed by atoms with Gasteiger partial charge in [0.2, 0.25) is 0 Å². The van der Waals surface area contributed by atoms with E-state index in [0.717, 1.165) is 23.7 Å². The van der Waals surface area contributed by atoms with Crippen molar-refractivity contribution in [3.63, 3.8) is 0 Å². The normalized spacial score (nSPS) is 49.6. The smallest absolute Gasteiger partial charge is 0.0464 e. The van der Waals surface area contributed by atoms with Crippen LogP contribution in [0.15, 0.2) is 11.1 Å². The molecule has 0 aromatic heterocycles. The first-order valence-electron chi connectivity index (χ1n) is 9.45. The predicted molar refractivity (Wildman–Crippen MR) is 86.9 cm³/mol. The van der Waals surface area contributed by atoms with E-state index in [1.54, 1.807) is 0 Å². The molecular formula is C20H32O. The summed E-state index contributed by atoms with van der Waals surface area (Å²) in [6.07, 6.45) is 12.6. The molecule has 6 unspecified atom stereocenters. The Labute approximate surface area is 130 Å². The summed E-state index contributed by atoms with van der Waals surface area (Å²) in [6, 6.07) is 0. The number of allylic oxidation sites excluding steroid dienone is 2. The molecule has 1 N–H and O–H groups in total. The molecule has 0 radical (unpaired) electrons. The molecule has 0 bridgehead atoms. The first-order valence-corrected chi connectivity index (χ1v) is 9.45. The van der Waals surface area contributed by atoms with Gasteiger partial charge in [-0.15, -0.1) is 0 Å². The maximum Gasteiger partial charge on any atom is 0.0464 e. The van der Waals surface area contributed by atoms with Gasteiger partial charge in [0.25, 0.3) is 0 Å². The largest absolute Gasteiger partial charge is 0.396 e. The Hall–Kier alpha value is -0.300. The fraction of sp³-hybridized carbons (Fsp3) is 0.900. The van der Waals surface area contributed by atoms with Crippen LogP contribution in [0.3, 0.4) is 0 Å². The number of aliphatic hydroxyl groups excluding tert-OH is 1. The molecule has 4 aliphatic rings. The summed E-state index contributed by atoms with van der Waals surface area (Å²) in [4.78, 5) is 0. The third-order valence-corrected chi connectivity index (χ3v) is 8.04. The highest BCUT2D eigenvalue weighted by atomic mass is 16.3. The van der Waals surface area contributed by atoms with Crippen LogP contribution in [-0.4, -0.2) is 11.7 Å². The number of fused-ring (bicyclic) bond motifs is 4. The molecule has 0 aromatic rings. The van der Waals surface area contributed by atoms with Crippen LogP contribution >= 0.6 is 0 Å². The van der Waals surface area contributed by atoms with Crippen molar-refractivity contribution >= 4 is 0 Å². The van der Waals surface area contributed by atoms with Crippen LogP contribution in [0.2, 0.25) is 0 Å². The van der Waals surface area contributed by atoms with Crippen molar-refractivity contribution in [1.82, 2.24) is 0 Å². The van der Waals surface area contributed by atoms with E-state index in [0.29, 0.717) is 17.9 Å². The summed E-state index contributed by atoms with van der Waals surface area (Å²) >= 11 is 0. The predicted octanol–water partition coefficient (Wildman–Crippen LogP) is 4.95. The molecule has 4 rings (SSSR count). The minimum atomic E-state index is 0.426. The second kappa shape index (κ2) is 5.11. The number of hydrogen-bond donors (Lipinski definition) is 1. The van der Waals surface area contributed by atoms with E-state index in [1.165, 1.54) is 57.8 Å². The molecule has 0 saturated heterocycles. The van der Waals surface area contributed by atoms with E-state index in [1.807, 2.05) is 11.1 Å². The van der Waals surface area contributed by atoms with Crippen LogP contribution in [0.1, 0.15) is 71.6 Å². The first-order chi connectivity index (χ1) is 10.1. The molecule has 2 fully saturated rings. The van der Waals surface area contributed by atoms with Gasteiger partial charge in [-0.3, -0.25) is 0 Å². The lowest BCUT2D eigenvalue weighted by atomic mass is 9.53. The molecule has 0 spiro atoms. The molecule has 2 saturated carbocycles.